The van der Waals surface area contributed by atoms with Crippen molar-refractivity contribution in [3.05, 3.63) is 16.5 Å². The molecular weight excluding hydrogens is 250 g/mol. The van der Waals surface area contributed by atoms with Gasteiger partial charge in [0.2, 0.25) is 0 Å². The molecule has 1 aliphatic heterocycles. The first-order valence-corrected chi connectivity index (χ1v) is 6.72. The van der Waals surface area contributed by atoms with Gasteiger partial charge in [0.05, 0.1) is 12.2 Å². The zero-order chi connectivity index (χ0) is 13.3. The van der Waals surface area contributed by atoms with Crippen molar-refractivity contribution in [3.8, 4) is 0 Å². The standard InChI is InChI=1S/C13H20ClN3O/c1-5-10-15-11(14)9(2)12(16-10)17-6-7-18-13(3,4)8-17/h5-8H2,1-4H3. The van der Waals surface area contributed by atoms with Crippen LogP contribution >= 0.6 is 11.6 Å². The van der Waals surface area contributed by atoms with Gasteiger partial charge in [0.15, 0.2) is 0 Å². The van der Waals surface area contributed by atoms with Crippen LogP contribution in [0.2, 0.25) is 5.15 Å². The molecule has 18 heavy (non-hydrogen) atoms. The third-order valence-electron chi connectivity index (χ3n) is 3.15. The molecule has 4 nitrogen and oxygen atoms in total. The van der Waals surface area contributed by atoms with Gasteiger partial charge in [-0.15, -0.1) is 0 Å². The summed E-state index contributed by atoms with van der Waals surface area (Å²) in [7, 11) is 0. The van der Waals surface area contributed by atoms with Gasteiger partial charge in [-0.05, 0) is 20.8 Å². The molecule has 0 atom stereocenters. The predicted molar refractivity (Wildman–Crippen MR) is 73.4 cm³/mol. The quantitative estimate of drug-likeness (QED) is 0.774. The summed E-state index contributed by atoms with van der Waals surface area (Å²) in [6, 6.07) is 0. The molecule has 2 heterocycles. The maximum absolute atomic E-state index is 6.18. The Labute approximate surface area is 113 Å². The summed E-state index contributed by atoms with van der Waals surface area (Å²) in [5, 5.41) is 0.557. The van der Waals surface area contributed by atoms with E-state index < -0.39 is 0 Å². The van der Waals surface area contributed by atoms with E-state index in [1.165, 1.54) is 0 Å². The third-order valence-corrected chi connectivity index (χ3v) is 3.52. The molecule has 0 saturated carbocycles. The largest absolute Gasteiger partial charge is 0.372 e. The molecule has 0 aliphatic carbocycles. The second-order valence-corrected chi connectivity index (χ2v) is 5.62. The second kappa shape index (κ2) is 5.02. The Balaban J connectivity index is 2.35. The fourth-order valence-electron chi connectivity index (χ4n) is 2.18. The molecule has 0 bridgehead atoms. The van der Waals surface area contributed by atoms with Gasteiger partial charge >= 0.3 is 0 Å². The van der Waals surface area contributed by atoms with Gasteiger partial charge in [-0.1, -0.05) is 18.5 Å². The van der Waals surface area contributed by atoms with Crippen LogP contribution in [0.1, 0.15) is 32.2 Å². The van der Waals surface area contributed by atoms with E-state index in [-0.39, 0.29) is 5.60 Å². The van der Waals surface area contributed by atoms with Crippen LogP contribution in [-0.2, 0) is 11.2 Å². The fourth-order valence-corrected chi connectivity index (χ4v) is 2.37. The normalized spacial score (nSPS) is 19.1. The second-order valence-electron chi connectivity index (χ2n) is 5.26. The Morgan fingerprint density at radius 3 is 2.72 bits per heavy atom. The minimum Gasteiger partial charge on any atom is -0.372 e. The van der Waals surface area contributed by atoms with Crippen molar-refractivity contribution in [2.45, 2.75) is 39.7 Å². The van der Waals surface area contributed by atoms with Crippen molar-refractivity contribution in [2.75, 3.05) is 24.6 Å². The summed E-state index contributed by atoms with van der Waals surface area (Å²) >= 11 is 6.18. The van der Waals surface area contributed by atoms with Gasteiger partial charge in [0.25, 0.3) is 0 Å². The Hall–Kier alpha value is -0.870. The summed E-state index contributed by atoms with van der Waals surface area (Å²) in [6.07, 6.45) is 0.792. The molecule has 0 N–H and O–H groups in total. The highest BCUT2D eigenvalue weighted by molar-refractivity contribution is 6.30. The van der Waals surface area contributed by atoms with Crippen molar-refractivity contribution in [1.29, 1.82) is 0 Å². The van der Waals surface area contributed by atoms with Crippen LogP contribution in [0.25, 0.3) is 0 Å². The van der Waals surface area contributed by atoms with Gasteiger partial charge in [-0.3, -0.25) is 0 Å². The lowest BCUT2D eigenvalue weighted by Gasteiger charge is -2.39. The maximum atomic E-state index is 6.18. The number of aromatic nitrogens is 2. The predicted octanol–water partition coefficient (Wildman–Crippen LogP) is 2.62. The van der Waals surface area contributed by atoms with E-state index in [1.54, 1.807) is 0 Å². The monoisotopic (exact) mass is 269 g/mol. The lowest BCUT2D eigenvalue weighted by atomic mass is 10.1. The van der Waals surface area contributed by atoms with Crippen LogP contribution in [0.4, 0.5) is 5.82 Å². The van der Waals surface area contributed by atoms with E-state index in [4.69, 9.17) is 16.3 Å². The van der Waals surface area contributed by atoms with E-state index in [1.807, 2.05) is 13.8 Å². The first-order chi connectivity index (χ1) is 8.43. The van der Waals surface area contributed by atoms with Crippen molar-refractivity contribution in [1.82, 2.24) is 9.97 Å². The Kier molecular flexibility index (Phi) is 3.78. The molecule has 1 aromatic rings. The lowest BCUT2D eigenvalue weighted by molar-refractivity contribution is -0.0279. The first-order valence-electron chi connectivity index (χ1n) is 6.35. The fraction of sp³-hybridized carbons (Fsp3) is 0.692. The van der Waals surface area contributed by atoms with Gasteiger partial charge in [0, 0.05) is 25.1 Å². The number of hydrogen-bond donors (Lipinski definition) is 0. The number of nitrogens with zero attached hydrogens (tertiary/aromatic N) is 3. The number of halogens is 1. The molecule has 2 rings (SSSR count). The molecule has 5 heteroatoms. The van der Waals surface area contributed by atoms with Crippen LogP contribution < -0.4 is 4.90 Å². The molecule has 1 aromatic heterocycles. The average molecular weight is 270 g/mol. The van der Waals surface area contributed by atoms with Crippen molar-refractivity contribution in [3.63, 3.8) is 0 Å². The summed E-state index contributed by atoms with van der Waals surface area (Å²) in [5.74, 6) is 1.74. The molecule has 0 unspecified atom stereocenters. The number of hydrogen-bond acceptors (Lipinski definition) is 4. The van der Waals surface area contributed by atoms with Crippen molar-refractivity contribution in [2.24, 2.45) is 0 Å². The number of anilines is 1. The van der Waals surface area contributed by atoms with E-state index >= 15 is 0 Å². The minimum atomic E-state index is -0.144. The van der Waals surface area contributed by atoms with E-state index in [0.717, 1.165) is 43.3 Å². The van der Waals surface area contributed by atoms with Crippen LogP contribution in [0.3, 0.4) is 0 Å². The minimum absolute atomic E-state index is 0.144. The highest BCUT2D eigenvalue weighted by atomic mass is 35.5. The Morgan fingerprint density at radius 2 is 2.11 bits per heavy atom. The number of morpholine rings is 1. The average Bonchev–Trinajstić information content (AvgIpc) is 2.31. The molecule has 0 radical (unpaired) electrons. The maximum Gasteiger partial charge on any atom is 0.137 e. The summed E-state index contributed by atoms with van der Waals surface area (Å²) in [5.41, 5.74) is 0.806. The van der Waals surface area contributed by atoms with E-state index in [9.17, 15) is 0 Å². The molecule has 1 saturated heterocycles. The van der Waals surface area contributed by atoms with Crippen LogP contribution in [0, 0.1) is 6.92 Å². The van der Waals surface area contributed by atoms with Gasteiger partial charge in [-0.25, -0.2) is 9.97 Å². The molecule has 0 spiro atoms. The SMILES string of the molecule is CCc1nc(Cl)c(C)c(N2CCOC(C)(C)C2)n1. The van der Waals surface area contributed by atoms with Crippen molar-refractivity contribution < 1.29 is 4.74 Å². The molecule has 1 aliphatic rings. The first kappa shape index (κ1) is 13.6. The van der Waals surface area contributed by atoms with Crippen LogP contribution in [0.5, 0.6) is 0 Å². The van der Waals surface area contributed by atoms with Crippen LogP contribution in [0.15, 0.2) is 0 Å². The number of aryl methyl sites for hydroxylation is 1. The zero-order valence-corrected chi connectivity index (χ0v) is 12.2. The van der Waals surface area contributed by atoms with Gasteiger partial charge < -0.3 is 9.64 Å². The Bertz CT molecular complexity index is 448. The Morgan fingerprint density at radius 1 is 1.39 bits per heavy atom. The molecule has 0 aromatic carbocycles. The molecule has 0 amide bonds. The molecule has 1 fully saturated rings. The molecular formula is C13H20ClN3O. The highest BCUT2D eigenvalue weighted by Gasteiger charge is 2.29. The molecule has 100 valence electrons. The van der Waals surface area contributed by atoms with E-state index in [0.29, 0.717) is 5.15 Å². The summed E-state index contributed by atoms with van der Waals surface area (Å²) in [4.78, 5) is 11.1. The third kappa shape index (κ3) is 2.75. The zero-order valence-electron chi connectivity index (χ0n) is 11.5. The van der Waals surface area contributed by atoms with Gasteiger partial charge in [-0.2, -0.15) is 0 Å². The van der Waals surface area contributed by atoms with E-state index in [2.05, 4.69) is 28.7 Å². The van der Waals surface area contributed by atoms with Crippen molar-refractivity contribution >= 4 is 17.4 Å². The van der Waals surface area contributed by atoms with Gasteiger partial charge in [0.1, 0.15) is 16.8 Å². The van der Waals surface area contributed by atoms with Crippen LogP contribution in [-0.4, -0.2) is 35.3 Å². The summed E-state index contributed by atoms with van der Waals surface area (Å²) in [6.45, 7) is 10.6. The topological polar surface area (TPSA) is 38.2 Å². The summed E-state index contributed by atoms with van der Waals surface area (Å²) < 4.78 is 5.73. The number of rotatable bonds is 2. The smallest absolute Gasteiger partial charge is 0.137 e. The lowest BCUT2D eigenvalue weighted by Crippen LogP contribution is -2.49. The number of ether oxygens (including phenoxy) is 1. The highest BCUT2D eigenvalue weighted by Crippen LogP contribution is 2.27.